The molecular weight excluding hydrogens is 301 g/mol. The number of hydrogen-bond donors (Lipinski definition) is 0. The van der Waals surface area contributed by atoms with Crippen LogP contribution in [0.15, 0.2) is 0 Å². The molecule has 0 amide bonds. The molecule has 0 heterocycles. The van der Waals surface area contributed by atoms with E-state index in [-0.39, 0.29) is 0 Å². The minimum absolute atomic E-state index is 0.419. The number of carbonyl (C=O) groups excluding carboxylic acids is 1. The fraction of sp³-hybridized carbons (Fsp3) is 0.909. The maximum absolute atomic E-state index is 12.7. The topological polar surface area (TPSA) is 83.5 Å². The van der Waals surface area contributed by atoms with Gasteiger partial charge in [-0.05, 0) is 19.8 Å². The van der Waals surface area contributed by atoms with Gasteiger partial charge in [-0.1, -0.05) is 19.3 Å². The van der Waals surface area contributed by atoms with E-state index in [1.807, 2.05) is 0 Å². The highest BCUT2D eigenvalue weighted by molar-refractivity contribution is 7.86. The minimum Gasteiger partial charge on any atom is -0.748 e. The third kappa shape index (κ3) is 4.62. The summed E-state index contributed by atoms with van der Waals surface area (Å²) in [5.74, 6) is -1.74. The SMILES string of the molecule is CC(C(OC(=O)C1CCCCC1)C(F)(F)F)S(=O)(=O)[O-]. The van der Waals surface area contributed by atoms with Gasteiger partial charge in [-0.25, -0.2) is 8.42 Å². The molecule has 0 N–H and O–H groups in total. The van der Waals surface area contributed by atoms with Gasteiger partial charge in [-0.2, -0.15) is 13.2 Å². The molecule has 0 aromatic rings. The van der Waals surface area contributed by atoms with Crippen LogP contribution in [0.4, 0.5) is 13.2 Å². The van der Waals surface area contributed by atoms with Gasteiger partial charge in [0.25, 0.3) is 0 Å². The van der Waals surface area contributed by atoms with Gasteiger partial charge < -0.3 is 9.29 Å². The van der Waals surface area contributed by atoms with Crippen molar-refractivity contribution in [2.45, 2.75) is 56.6 Å². The van der Waals surface area contributed by atoms with Crippen molar-refractivity contribution >= 4 is 16.1 Å². The zero-order chi connectivity index (χ0) is 15.6. The van der Waals surface area contributed by atoms with E-state index in [1.165, 1.54) is 0 Å². The Morgan fingerprint density at radius 2 is 1.75 bits per heavy atom. The number of rotatable bonds is 4. The first-order chi connectivity index (χ1) is 9.03. The summed E-state index contributed by atoms with van der Waals surface area (Å²) in [4.78, 5) is 11.7. The van der Waals surface area contributed by atoms with Gasteiger partial charge in [0.1, 0.15) is 10.1 Å². The van der Waals surface area contributed by atoms with Gasteiger partial charge in [0.2, 0.25) is 6.10 Å². The fourth-order valence-electron chi connectivity index (χ4n) is 2.14. The van der Waals surface area contributed by atoms with Crippen LogP contribution >= 0.6 is 0 Å². The third-order valence-electron chi connectivity index (χ3n) is 3.39. The Morgan fingerprint density at radius 1 is 1.25 bits per heavy atom. The molecule has 0 radical (unpaired) electrons. The molecule has 0 aromatic heterocycles. The van der Waals surface area contributed by atoms with Crippen LogP contribution in [0, 0.1) is 5.92 Å². The molecule has 1 aliphatic rings. The van der Waals surface area contributed by atoms with Gasteiger partial charge in [0, 0.05) is 0 Å². The van der Waals surface area contributed by atoms with Crippen LogP contribution in [-0.2, 0) is 19.6 Å². The Balaban J connectivity index is 2.82. The summed E-state index contributed by atoms with van der Waals surface area (Å²) in [7, 11) is -5.21. The van der Waals surface area contributed by atoms with E-state index in [1.54, 1.807) is 0 Å². The van der Waals surface area contributed by atoms with Crippen LogP contribution in [0.1, 0.15) is 39.0 Å². The summed E-state index contributed by atoms with van der Waals surface area (Å²) in [6.45, 7) is 0.592. The summed E-state index contributed by atoms with van der Waals surface area (Å²) < 4.78 is 74.7. The Hall–Kier alpha value is -0.830. The van der Waals surface area contributed by atoms with E-state index in [2.05, 4.69) is 4.74 Å². The summed E-state index contributed by atoms with van der Waals surface area (Å²) in [6, 6.07) is 0. The first-order valence-electron chi connectivity index (χ1n) is 6.25. The molecule has 1 aliphatic carbocycles. The average molecular weight is 317 g/mol. The van der Waals surface area contributed by atoms with Crippen molar-refractivity contribution in [2.75, 3.05) is 0 Å². The molecule has 20 heavy (non-hydrogen) atoms. The molecule has 1 saturated carbocycles. The van der Waals surface area contributed by atoms with E-state index in [0.717, 1.165) is 6.42 Å². The molecule has 2 atom stereocenters. The number of alkyl halides is 3. The zero-order valence-corrected chi connectivity index (χ0v) is 11.7. The molecule has 1 rings (SSSR count). The number of ether oxygens (including phenoxy) is 1. The van der Waals surface area contributed by atoms with Crippen molar-refractivity contribution < 1.29 is 35.7 Å². The second kappa shape index (κ2) is 6.30. The van der Waals surface area contributed by atoms with E-state index >= 15 is 0 Å². The molecule has 0 bridgehead atoms. The van der Waals surface area contributed by atoms with Crippen molar-refractivity contribution in [3.63, 3.8) is 0 Å². The maximum atomic E-state index is 12.7. The molecule has 9 heteroatoms. The molecule has 0 aliphatic heterocycles. The second-order valence-corrected chi connectivity index (χ2v) is 6.66. The normalized spacial score (nSPS) is 21.2. The lowest BCUT2D eigenvalue weighted by Crippen LogP contribution is -2.46. The summed E-state index contributed by atoms with van der Waals surface area (Å²) in [5.41, 5.74) is 0. The minimum atomic E-state index is -5.21. The van der Waals surface area contributed by atoms with E-state index in [4.69, 9.17) is 0 Å². The predicted octanol–water partition coefficient (Wildman–Crippen LogP) is 1.97. The highest BCUT2D eigenvalue weighted by atomic mass is 32.2. The van der Waals surface area contributed by atoms with Gasteiger partial charge in [-0.15, -0.1) is 0 Å². The standard InChI is InChI=1S/C11H17F3O5S/c1-7(20(16,17)18)9(11(12,13)14)19-10(15)8-5-3-2-4-6-8/h7-9H,2-6H2,1H3,(H,16,17,18)/p-1. The Morgan fingerprint density at radius 3 is 2.15 bits per heavy atom. The van der Waals surface area contributed by atoms with Crippen molar-refractivity contribution in [2.24, 2.45) is 5.92 Å². The number of esters is 1. The van der Waals surface area contributed by atoms with Crippen molar-refractivity contribution in [1.29, 1.82) is 0 Å². The lowest BCUT2D eigenvalue weighted by atomic mass is 9.89. The summed E-state index contributed by atoms with van der Waals surface area (Å²) in [6.07, 6.45) is -4.85. The maximum Gasteiger partial charge on any atom is 0.426 e. The monoisotopic (exact) mass is 317 g/mol. The van der Waals surface area contributed by atoms with Crippen molar-refractivity contribution in [1.82, 2.24) is 0 Å². The molecule has 2 unspecified atom stereocenters. The zero-order valence-electron chi connectivity index (χ0n) is 10.9. The first-order valence-corrected chi connectivity index (χ1v) is 7.72. The average Bonchev–Trinajstić information content (AvgIpc) is 2.33. The van der Waals surface area contributed by atoms with Crippen molar-refractivity contribution in [3.8, 4) is 0 Å². The highest BCUT2D eigenvalue weighted by Gasteiger charge is 2.49. The third-order valence-corrected chi connectivity index (χ3v) is 4.54. The number of halogens is 3. The van der Waals surface area contributed by atoms with Crippen LogP contribution in [0.2, 0.25) is 0 Å². The Labute approximate surface area is 115 Å². The van der Waals surface area contributed by atoms with Crippen LogP contribution in [0.3, 0.4) is 0 Å². The molecule has 0 spiro atoms. The number of hydrogen-bond acceptors (Lipinski definition) is 5. The van der Waals surface area contributed by atoms with Gasteiger partial charge in [-0.3, -0.25) is 4.79 Å². The quantitative estimate of drug-likeness (QED) is 0.585. The lowest BCUT2D eigenvalue weighted by molar-refractivity contribution is -0.223. The highest BCUT2D eigenvalue weighted by Crippen LogP contribution is 2.31. The second-order valence-electron chi connectivity index (χ2n) is 4.93. The lowest BCUT2D eigenvalue weighted by Gasteiger charge is -2.30. The smallest absolute Gasteiger partial charge is 0.426 e. The molecule has 0 saturated heterocycles. The Bertz CT molecular complexity index is 439. The van der Waals surface area contributed by atoms with E-state index in [9.17, 15) is 30.9 Å². The van der Waals surface area contributed by atoms with Gasteiger partial charge in [0.05, 0.1) is 11.2 Å². The van der Waals surface area contributed by atoms with Crippen LogP contribution in [-0.4, -0.2) is 36.5 Å². The fourth-order valence-corrected chi connectivity index (χ4v) is 2.65. The van der Waals surface area contributed by atoms with Crippen molar-refractivity contribution in [3.05, 3.63) is 0 Å². The van der Waals surface area contributed by atoms with E-state index in [0.29, 0.717) is 32.6 Å². The van der Waals surface area contributed by atoms with Gasteiger partial charge in [0.15, 0.2) is 0 Å². The largest absolute Gasteiger partial charge is 0.748 e. The Kier molecular flexibility index (Phi) is 5.42. The predicted molar refractivity (Wildman–Crippen MR) is 61.7 cm³/mol. The van der Waals surface area contributed by atoms with Crippen LogP contribution in [0.25, 0.3) is 0 Å². The van der Waals surface area contributed by atoms with E-state index < -0.39 is 39.5 Å². The summed E-state index contributed by atoms with van der Waals surface area (Å²) >= 11 is 0. The summed E-state index contributed by atoms with van der Waals surface area (Å²) in [5, 5.41) is -2.37. The number of carbonyl (C=O) groups is 1. The van der Waals surface area contributed by atoms with Crippen LogP contribution < -0.4 is 0 Å². The van der Waals surface area contributed by atoms with Gasteiger partial charge >= 0.3 is 12.1 Å². The molecular formula is C11H16F3O5S-. The first kappa shape index (κ1) is 17.2. The molecule has 5 nitrogen and oxygen atoms in total. The molecule has 0 aromatic carbocycles. The van der Waals surface area contributed by atoms with Crippen LogP contribution in [0.5, 0.6) is 0 Å². The molecule has 1 fully saturated rings. The molecule has 118 valence electrons.